The highest BCUT2D eigenvalue weighted by Gasteiger charge is 2.30. The standard InChI is InChI=1S/C15H22N4O2/c1-10-3-5-19(6-4-10)15-16-12(8-13(20)17-15)11-7-14(21)18(2)9-11/h8,10-11H,3-7,9H2,1-2H3,(H,16,17,20). The molecule has 1 N–H and O–H groups in total. The van der Waals surface area contributed by atoms with Gasteiger partial charge in [0, 0.05) is 45.1 Å². The second kappa shape index (κ2) is 5.50. The van der Waals surface area contributed by atoms with Gasteiger partial charge >= 0.3 is 0 Å². The summed E-state index contributed by atoms with van der Waals surface area (Å²) in [6, 6.07) is 1.53. The van der Waals surface area contributed by atoms with Gasteiger partial charge in [0.25, 0.3) is 5.56 Å². The topological polar surface area (TPSA) is 69.3 Å². The van der Waals surface area contributed by atoms with Crippen molar-refractivity contribution in [3.05, 3.63) is 22.1 Å². The van der Waals surface area contributed by atoms with Crippen molar-refractivity contribution in [3.63, 3.8) is 0 Å². The average Bonchev–Trinajstić information content (AvgIpc) is 2.79. The van der Waals surface area contributed by atoms with Gasteiger partial charge < -0.3 is 9.80 Å². The zero-order valence-corrected chi connectivity index (χ0v) is 12.6. The summed E-state index contributed by atoms with van der Waals surface area (Å²) in [5.41, 5.74) is 0.612. The molecule has 2 fully saturated rings. The van der Waals surface area contributed by atoms with Crippen LogP contribution in [0.2, 0.25) is 0 Å². The Morgan fingerprint density at radius 3 is 2.62 bits per heavy atom. The van der Waals surface area contributed by atoms with Crippen LogP contribution in [0.3, 0.4) is 0 Å². The Bertz CT molecular complexity index is 590. The predicted molar refractivity (Wildman–Crippen MR) is 80.5 cm³/mol. The van der Waals surface area contributed by atoms with E-state index < -0.39 is 0 Å². The molecule has 1 aromatic rings. The van der Waals surface area contributed by atoms with Gasteiger partial charge in [-0.2, -0.15) is 0 Å². The third-order valence-electron chi connectivity index (χ3n) is 4.59. The maximum absolute atomic E-state index is 11.9. The number of anilines is 1. The van der Waals surface area contributed by atoms with E-state index in [4.69, 9.17) is 0 Å². The summed E-state index contributed by atoms with van der Waals surface area (Å²) in [5.74, 6) is 1.55. The van der Waals surface area contributed by atoms with Crippen LogP contribution in [0.25, 0.3) is 0 Å². The number of piperidine rings is 1. The van der Waals surface area contributed by atoms with Crippen LogP contribution >= 0.6 is 0 Å². The van der Waals surface area contributed by atoms with Gasteiger partial charge in [-0.3, -0.25) is 14.6 Å². The van der Waals surface area contributed by atoms with Crippen LogP contribution < -0.4 is 10.5 Å². The number of rotatable bonds is 2. The molecule has 0 saturated carbocycles. The molecule has 2 saturated heterocycles. The SMILES string of the molecule is CC1CCN(c2nc(C3CC(=O)N(C)C3)cc(=O)[nH]2)CC1. The van der Waals surface area contributed by atoms with E-state index in [-0.39, 0.29) is 17.4 Å². The Morgan fingerprint density at radius 1 is 1.29 bits per heavy atom. The lowest BCUT2D eigenvalue weighted by Gasteiger charge is -2.30. The van der Waals surface area contributed by atoms with E-state index in [9.17, 15) is 9.59 Å². The molecule has 114 valence electrons. The van der Waals surface area contributed by atoms with Crippen molar-refractivity contribution >= 4 is 11.9 Å². The molecule has 0 aliphatic carbocycles. The second-order valence-corrected chi connectivity index (χ2v) is 6.34. The van der Waals surface area contributed by atoms with Gasteiger partial charge in [-0.25, -0.2) is 4.98 Å². The largest absolute Gasteiger partial charge is 0.345 e. The maximum Gasteiger partial charge on any atom is 0.252 e. The second-order valence-electron chi connectivity index (χ2n) is 6.34. The fourth-order valence-corrected chi connectivity index (χ4v) is 3.10. The molecule has 1 atom stereocenters. The number of carbonyl (C=O) groups excluding carboxylic acids is 1. The first-order chi connectivity index (χ1) is 10.0. The number of hydrogen-bond donors (Lipinski definition) is 1. The Balaban J connectivity index is 1.83. The number of likely N-dealkylation sites (tertiary alicyclic amines) is 1. The highest BCUT2D eigenvalue weighted by molar-refractivity contribution is 5.79. The van der Waals surface area contributed by atoms with E-state index >= 15 is 0 Å². The first-order valence-electron chi connectivity index (χ1n) is 7.63. The van der Waals surface area contributed by atoms with Gasteiger partial charge in [-0.15, -0.1) is 0 Å². The molecule has 1 amide bonds. The number of aromatic nitrogens is 2. The van der Waals surface area contributed by atoms with E-state index in [2.05, 4.69) is 21.8 Å². The number of carbonyl (C=O) groups is 1. The number of nitrogens with one attached hydrogen (secondary N) is 1. The number of H-pyrrole nitrogens is 1. The van der Waals surface area contributed by atoms with Gasteiger partial charge in [0.15, 0.2) is 0 Å². The average molecular weight is 290 g/mol. The number of likely N-dealkylation sites (N-methyl/N-ethyl adjacent to an activating group) is 1. The minimum Gasteiger partial charge on any atom is -0.345 e. The Kier molecular flexibility index (Phi) is 3.69. The summed E-state index contributed by atoms with van der Waals surface area (Å²) in [7, 11) is 1.79. The molecule has 2 aliphatic rings. The molecule has 1 aromatic heterocycles. The van der Waals surface area contributed by atoms with Crippen LogP contribution in [0.4, 0.5) is 5.95 Å². The Labute approximate surface area is 124 Å². The Hall–Kier alpha value is -1.85. The predicted octanol–water partition coefficient (Wildman–Crippen LogP) is 0.952. The van der Waals surface area contributed by atoms with Crippen LogP contribution in [0, 0.1) is 5.92 Å². The number of aromatic amines is 1. The molecule has 3 rings (SSSR count). The van der Waals surface area contributed by atoms with E-state index in [0.717, 1.165) is 37.5 Å². The minimum absolute atomic E-state index is 0.0345. The molecular weight excluding hydrogens is 268 g/mol. The first kappa shape index (κ1) is 14.1. The summed E-state index contributed by atoms with van der Waals surface area (Å²) in [6.07, 6.45) is 2.70. The summed E-state index contributed by atoms with van der Waals surface area (Å²) in [5, 5.41) is 0. The zero-order valence-electron chi connectivity index (χ0n) is 12.6. The van der Waals surface area contributed by atoms with Crippen molar-refractivity contribution in [1.29, 1.82) is 0 Å². The quantitative estimate of drug-likeness (QED) is 0.880. The summed E-state index contributed by atoms with van der Waals surface area (Å²) in [4.78, 5) is 34.9. The lowest BCUT2D eigenvalue weighted by molar-refractivity contribution is -0.126. The van der Waals surface area contributed by atoms with Gasteiger partial charge in [0.2, 0.25) is 11.9 Å². The van der Waals surface area contributed by atoms with Gasteiger partial charge in [-0.05, 0) is 18.8 Å². The highest BCUT2D eigenvalue weighted by atomic mass is 16.2. The monoisotopic (exact) mass is 290 g/mol. The molecule has 0 aromatic carbocycles. The maximum atomic E-state index is 11.9. The molecule has 1 unspecified atom stereocenters. The Morgan fingerprint density at radius 2 is 2.00 bits per heavy atom. The van der Waals surface area contributed by atoms with Crippen LogP contribution in [0.5, 0.6) is 0 Å². The fourth-order valence-electron chi connectivity index (χ4n) is 3.10. The molecule has 2 aliphatic heterocycles. The number of nitrogens with zero attached hydrogens (tertiary/aromatic N) is 3. The first-order valence-corrected chi connectivity index (χ1v) is 7.63. The van der Waals surface area contributed by atoms with Crippen LogP contribution in [0.1, 0.15) is 37.8 Å². The van der Waals surface area contributed by atoms with E-state index in [1.165, 1.54) is 6.07 Å². The van der Waals surface area contributed by atoms with Crippen LogP contribution in [-0.4, -0.2) is 47.5 Å². The van der Waals surface area contributed by atoms with Crippen molar-refractivity contribution in [1.82, 2.24) is 14.9 Å². The van der Waals surface area contributed by atoms with Crippen molar-refractivity contribution in [2.75, 3.05) is 31.6 Å². The molecule has 21 heavy (non-hydrogen) atoms. The minimum atomic E-state index is -0.129. The lowest BCUT2D eigenvalue weighted by atomic mass is 9.99. The number of hydrogen-bond acceptors (Lipinski definition) is 4. The van der Waals surface area contributed by atoms with Gasteiger partial charge in [0.1, 0.15) is 0 Å². The molecule has 6 nitrogen and oxygen atoms in total. The zero-order chi connectivity index (χ0) is 15.0. The van der Waals surface area contributed by atoms with Gasteiger partial charge in [-0.1, -0.05) is 6.92 Å². The summed E-state index contributed by atoms with van der Waals surface area (Å²) in [6.45, 7) is 4.75. The fraction of sp³-hybridized carbons (Fsp3) is 0.667. The highest BCUT2D eigenvalue weighted by Crippen LogP contribution is 2.26. The summed E-state index contributed by atoms with van der Waals surface area (Å²) >= 11 is 0. The van der Waals surface area contributed by atoms with E-state index in [0.29, 0.717) is 18.9 Å². The van der Waals surface area contributed by atoms with Gasteiger partial charge in [0.05, 0.1) is 5.69 Å². The molecule has 0 radical (unpaired) electrons. The van der Waals surface area contributed by atoms with Crippen molar-refractivity contribution < 1.29 is 4.79 Å². The third-order valence-corrected chi connectivity index (χ3v) is 4.59. The van der Waals surface area contributed by atoms with E-state index in [1.807, 2.05) is 0 Å². The normalized spacial score (nSPS) is 23.9. The lowest BCUT2D eigenvalue weighted by Crippen LogP contribution is -2.35. The van der Waals surface area contributed by atoms with Crippen molar-refractivity contribution in [3.8, 4) is 0 Å². The third kappa shape index (κ3) is 2.94. The van der Waals surface area contributed by atoms with Crippen LogP contribution in [-0.2, 0) is 4.79 Å². The van der Waals surface area contributed by atoms with Crippen molar-refractivity contribution in [2.45, 2.75) is 32.1 Å². The number of amides is 1. The molecule has 0 spiro atoms. The summed E-state index contributed by atoms with van der Waals surface area (Å²) < 4.78 is 0. The molecule has 6 heteroatoms. The van der Waals surface area contributed by atoms with Crippen LogP contribution in [0.15, 0.2) is 10.9 Å². The molecule has 0 bridgehead atoms. The molecule has 3 heterocycles. The van der Waals surface area contributed by atoms with E-state index in [1.54, 1.807) is 11.9 Å². The molecular formula is C15H22N4O2. The smallest absolute Gasteiger partial charge is 0.252 e. The van der Waals surface area contributed by atoms with Crippen molar-refractivity contribution in [2.24, 2.45) is 5.92 Å².